The fraction of sp³-hybridized carbons (Fsp3) is 0.889. The molecule has 1 aliphatic rings. The number of hydrogen-bond donors (Lipinski definition) is 0. The average Bonchev–Trinajstić information content (AvgIpc) is 2.04. The maximum atomic E-state index is 11.3. The summed E-state index contributed by atoms with van der Waals surface area (Å²) in [6, 6.07) is 0. The summed E-state index contributed by atoms with van der Waals surface area (Å²) in [6.07, 6.45) is 4.16. The van der Waals surface area contributed by atoms with Gasteiger partial charge in [-0.15, -0.1) is 0 Å². The molecule has 0 aliphatic heterocycles. The maximum absolute atomic E-state index is 11.3. The van der Waals surface area contributed by atoms with E-state index in [4.69, 9.17) is 4.74 Å². The standard InChI is InChI=1S/C9H16O2/c1-7(11-2)8-5-3-4-6-9(8)10/h7-8H,3-6H2,1-2H3/t7-,8-/m1/s1. The molecule has 0 heterocycles. The van der Waals surface area contributed by atoms with E-state index in [9.17, 15) is 4.79 Å². The average molecular weight is 156 g/mol. The lowest BCUT2D eigenvalue weighted by molar-refractivity contribution is -0.128. The number of carbonyl (C=O) groups excluding carboxylic acids is 1. The van der Waals surface area contributed by atoms with Crippen LogP contribution < -0.4 is 0 Å². The number of methoxy groups -OCH3 is 1. The summed E-state index contributed by atoms with van der Waals surface area (Å²) in [6.45, 7) is 1.98. The zero-order valence-electron chi connectivity index (χ0n) is 7.30. The van der Waals surface area contributed by atoms with Gasteiger partial charge in [0.15, 0.2) is 0 Å². The number of rotatable bonds is 2. The minimum Gasteiger partial charge on any atom is -0.381 e. The second-order valence-electron chi connectivity index (χ2n) is 3.26. The molecule has 0 spiro atoms. The second-order valence-corrected chi connectivity index (χ2v) is 3.26. The van der Waals surface area contributed by atoms with Crippen molar-refractivity contribution in [1.29, 1.82) is 0 Å². The van der Waals surface area contributed by atoms with Crippen molar-refractivity contribution < 1.29 is 9.53 Å². The lowest BCUT2D eigenvalue weighted by atomic mass is 9.85. The minimum absolute atomic E-state index is 0.114. The van der Waals surface area contributed by atoms with Gasteiger partial charge in [0, 0.05) is 19.4 Å². The molecule has 1 fully saturated rings. The molecule has 2 atom stereocenters. The van der Waals surface area contributed by atoms with E-state index in [1.165, 1.54) is 6.42 Å². The Bertz CT molecular complexity index is 142. The Morgan fingerprint density at radius 1 is 1.55 bits per heavy atom. The molecule has 0 aromatic rings. The van der Waals surface area contributed by atoms with Crippen molar-refractivity contribution in [3.05, 3.63) is 0 Å². The van der Waals surface area contributed by atoms with Crippen molar-refractivity contribution in [1.82, 2.24) is 0 Å². The molecule has 1 saturated carbocycles. The molecule has 11 heavy (non-hydrogen) atoms. The summed E-state index contributed by atoms with van der Waals surface area (Å²) < 4.78 is 5.14. The molecular formula is C9H16O2. The first-order valence-corrected chi connectivity index (χ1v) is 4.31. The third-order valence-corrected chi connectivity index (χ3v) is 2.54. The van der Waals surface area contributed by atoms with Crippen molar-refractivity contribution in [2.45, 2.75) is 38.7 Å². The van der Waals surface area contributed by atoms with Crippen LogP contribution in [0.1, 0.15) is 32.6 Å². The number of Topliss-reactive ketones (excluding diaryl/α,β-unsaturated/α-hetero) is 1. The first-order valence-electron chi connectivity index (χ1n) is 4.31. The molecule has 0 aromatic carbocycles. The topological polar surface area (TPSA) is 26.3 Å². The zero-order chi connectivity index (χ0) is 8.27. The van der Waals surface area contributed by atoms with E-state index in [-0.39, 0.29) is 12.0 Å². The Morgan fingerprint density at radius 2 is 2.27 bits per heavy atom. The summed E-state index contributed by atoms with van der Waals surface area (Å²) in [5, 5.41) is 0. The van der Waals surface area contributed by atoms with E-state index in [1.807, 2.05) is 6.92 Å². The van der Waals surface area contributed by atoms with E-state index < -0.39 is 0 Å². The smallest absolute Gasteiger partial charge is 0.138 e. The molecule has 64 valence electrons. The molecule has 0 unspecified atom stereocenters. The SMILES string of the molecule is CO[C@H](C)[C@H]1CCCCC1=O. The molecule has 1 aliphatic carbocycles. The van der Waals surface area contributed by atoms with Crippen LogP contribution in [0.2, 0.25) is 0 Å². The summed E-state index contributed by atoms with van der Waals surface area (Å²) in [4.78, 5) is 11.3. The van der Waals surface area contributed by atoms with Gasteiger partial charge in [0.25, 0.3) is 0 Å². The Morgan fingerprint density at radius 3 is 2.82 bits per heavy atom. The highest BCUT2D eigenvalue weighted by Crippen LogP contribution is 2.24. The quantitative estimate of drug-likeness (QED) is 0.609. The van der Waals surface area contributed by atoms with E-state index >= 15 is 0 Å². The maximum Gasteiger partial charge on any atom is 0.138 e. The Hall–Kier alpha value is -0.370. The van der Waals surface area contributed by atoms with Crippen molar-refractivity contribution >= 4 is 5.78 Å². The summed E-state index contributed by atoms with van der Waals surface area (Å²) in [5.41, 5.74) is 0. The Kier molecular flexibility index (Phi) is 3.06. The number of ketones is 1. The monoisotopic (exact) mass is 156 g/mol. The van der Waals surface area contributed by atoms with E-state index in [0.717, 1.165) is 19.3 Å². The molecule has 2 heteroatoms. The molecule has 0 radical (unpaired) electrons. The molecule has 0 N–H and O–H groups in total. The van der Waals surface area contributed by atoms with E-state index in [1.54, 1.807) is 7.11 Å². The predicted molar refractivity (Wildman–Crippen MR) is 43.4 cm³/mol. The van der Waals surface area contributed by atoms with Crippen molar-refractivity contribution in [3.63, 3.8) is 0 Å². The third kappa shape index (κ3) is 2.03. The molecule has 2 nitrogen and oxygen atoms in total. The van der Waals surface area contributed by atoms with Gasteiger partial charge in [-0.2, -0.15) is 0 Å². The summed E-state index contributed by atoms with van der Waals surface area (Å²) in [5.74, 6) is 0.569. The van der Waals surface area contributed by atoms with E-state index in [0.29, 0.717) is 5.78 Å². The van der Waals surface area contributed by atoms with Gasteiger partial charge >= 0.3 is 0 Å². The first kappa shape index (κ1) is 8.72. The van der Waals surface area contributed by atoms with Crippen LogP contribution in [0.3, 0.4) is 0 Å². The van der Waals surface area contributed by atoms with Crippen LogP contribution in [0.15, 0.2) is 0 Å². The number of carbonyl (C=O) groups is 1. The van der Waals surface area contributed by atoms with Crippen molar-refractivity contribution in [2.75, 3.05) is 7.11 Å². The van der Waals surface area contributed by atoms with Gasteiger partial charge in [0.05, 0.1) is 6.10 Å². The van der Waals surface area contributed by atoms with Crippen LogP contribution >= 0.6 is 0 Å². The lowest BCUT2D eigenvalue weighted by Gasteiger charge is -2.24. The molecule has 0 amide bonds. The van der Waals surface area contributed by atoms with Gasteiger partial charge in [-0.3, -0.25) is 4.79 Å². The van der Waals surface area contributed by atoms with Gasteiger partial charge < -0.3 is 4.74 Å². The van der Waals surface area contributed by atoms with Gasteiger partial charge in [-0.1, -0.05) is 6.42 Å². The summed E-state index contributed by atoms with van der Waals surface area (Å²) in [7, 11) is 1.67. The summed E-state index contributed by atoms with van der Waals surface area (Å²) >= 11 is 0. The van der Waals surface area contributed by atoms with Crippen LogP contribution in [0, 0.1) is 5.92 Å². The van der Waals surface area contributed by atoms with Gasteiger partial charge in [0.1, 0.15) is 5.78 Å². The van der Waals surface area contributed by atoms with Crippen molar-refractivity contribution in [2.24, 2.45) is 5.92 Å². The molecule has 1 rings (SSSR count). The molecule has 0 bridgehead atoms. The fourth-order valence-corrected chi connectivity index (χ4v) is 1.67. The van der Waals surface area contributed by atoms with E-state index in [2.05, 4.69) is 0 Å². The van der Waals surface area contributed by atoms with Crippen LogP contribution in [0.4, 0.5) is 0 Å². The number of hydrogen-bond acceptors (Lipinski definition) is 2. The fourth-order valence-electron chi connectivity index (χ4n) is 1.67. The number of ether oxygens (including phenoxy) is 1. The highest BCUT2D eigenvalue weighted by Gasteiger charge is 2.26. The molecular weight excluding hydrogens is 140 g/mol. The van der Waals surface area contributed by atoms with Crippen molar-refractivity contribution in [3.8, 4) is 0 Å². The molecule has 0 aromatic heterocycles. The Balaban J connectivity index is 2.47. The zero-order valence-corrected chi connectivity index (χ0v) is 7.30. The second kappa shape index (κ2) is 3.86. The minimum atomic E-state index is 0.114. The van der Waals surface area contributed by atoms with Gasteiger partial charge in [-0.25, -0.2) is 0 Å². The third-order valence-electron chi connectivity index (χ3n) is 2.54. The first-order chi connectivity index (χ1) is 5.25. The lowest BCUT2D eigenvalue weighted by Crippen LogP contribution is -2.30. The highest BCUT2D eigenvalue weighted by atomic mass is 16.5. The van der Waals surface area contributed by atoms with Gasteiger partial charge in [0.2, 0.25) is 0 Å². The Labute approximate surface area is 67.9 Å². The van der Waals surface area contributed by atoms with Crippen LogP contribution in [-0.2, 0) is 9.53 Å². The highest BCUT2D eigenvalue weighted by molar-refractivity contribution is 5.82. The predicted octanol–water partition coefficient (Wildman–Crippen LogP) is 1.78. The van der Waals surface area contributed by atoms with Crippen LogP contribution in [0.25, 0.3) is 0 Å². The molecule has 0 saturated heterocycles. The van der Waals surface area contributed by atoms with Crippen LogP contribution in [-0.4, -0.2) is 19.0 Å². The normalized spacial score (nSPS) is 28.5. The van der Waals surface area contributed by atoms with Gasteiger partial charge in [-0.05, 0) is 19.8 Å². The van der Waals surface area contributed by atoms with Crippen LogP contribution in [0.5, 0.6) is 0 Å². The largest absolute Gasteiger partial charge is 0.381 e.